The van der Waals surface area contributed by atoms with Crippen LogP contribution in [-0.2, 0) is 22.6 Å². The number of nitrogens with zero attached hydrogens (tertiary/aromatic N) is 3. The average molecular weight is 394 g/mol. The molecular formula is C19H27N3O4S. The van der Waals surface area contributed by atoms with Crippen molar-refractivity contribution in [2.75, 3.05) is 38.2 Å². The van der Waals surface area contributed by atoms with Crippen molar-refractivity contribution in [3.05, 3.63) is 16.0 Å². The molecule has 27 heavy (non-hydrogen) atoms. The molecule has 2 aliphatic rings. The van der Waals surface area contributed by atoms with Gasteiger partial charge in [0.1, 0.15) is 11.5 Å². The highest BCUT2D eigenvalue weighted by atomic mass is 32.1. The number of hydrogen-bond acceptors (Lipinski definition) is 5. The van der Waals surface area contributed by atoms with Crippen LogP contribution < -0.4 is 4.90 Å². The number of anilines is 1. The molecule has 0 spiro atoms. The summed E-state index contributed by atoms with van der Waals surface area (Å²) in [6, 6.07) is 0. The zero-order chi connectivity index (χ0) is 19.7. The van der Waals surface area contributed by atoms with Gasteiger partial charge in [-0.2, -0.15) is 0 Å². The SMILES string of the molecule is CCC(C)CC(=O)N1CCc2c(sc3c2C(=O)N(C)CC(=O)N3CCO)C1. The fourth-order valence-corrected chi connectivity index (χ4v) is 4.97. The Bertz CT molecular complexity index is 760. The quantitative estimate of drug-likeness (QED) is 0.822. The second-order valence-corrected chi connectivity index (χ2v) is 8.48. The highest BCUT2D eigenvalue weighted by Gasteiger charge is 2.37. The maximum absolute atomic E-state index is 12.9. The molecule has 1 aromatic rings. The van der Waals surface area contributed by atoms with E-state index in [1.54, 1.807) is 7.05 Å². The van der Waals surface area contributed by atoms with Gasteiger partial charge in [-0.15, -0.1) is 11.3 Å². The number of aliphatic hydroxyl groups is 1. The lowest BCUT2D eigenvalue weighted by molar-refractivity contribution is -0.133. The maximum atomic E-state index is 12.9. The Balaban J connectivity index is 1.93. The lowest BCUT2D eigenvalue weighted by Gasteiger charge is -2.28. The molecule has 1 unspecified atom stereocenters. The number of likely N-dealkylation sites (N-methyl/N-ethyl adjacent to an activating group) is 1. The number of hydrogen-bond donors (Lipinski definition) is 1. The fourth-order valence-electron chi connectivity index (χ4n) is 3.57. The molecule has 0 radical (unpaired) electrons. The molecule has 0 aromatic carbocycles. The van der Waals surface area contributed by atoms with Crippen LogP contribution in [0.1, 0.15) is 47.5 Å². The Hall–Kier alpha value is -1.93. The van der Waals surface area contributed by atoms with E-state index in [0.29, 0.717) is 42.4 Å². The molecule has 1 N–H and O–H groups in total. The molecule has 2 aliphatic heterocycles. The molecule has 8 heteroatoms. The predicted octanol–water partition coefficient (Wildman–Crippen LogP) is 1.48. The maximum Gasteiger partial charge on any atom is 0.257 e. The second-order valence-electron chi connectivity index (χ2n) is 7.40. The molecule has 3 rings (SSSR count). The van der Waals surface area contributed by atoms with E-state index in [1.807, 2.05) is 4.90 Å². The summed E-state index contributed by atoms with van der Waals surface area (Å²) in [6.45, 7) is 5.25. The van der Waals surface area contributed by atoms with E-state index in [0.717, 1.165) is 16.9 Å². The van der Waals surface area contributed by atoms with Gasteiger partial charge in [0.05, 0.1) is 18.7 Å². The van der Waals surface area contributed by atoms with E-state index in [9.17, 15) is 19.5 Å². The van der Waals surface area contributed by atoms with Crippen molar-refractivity contribution in [2.24, 2.45) is 5.92 Å². The van der Waals surface area contributed by atoms with Gasteiger partial charge in [0.15, 0.2) is 0 Å². The van der Waals surface area contributed by atoms with Crippen LogP contribution in [0.4, 0.5) is 5.00 Å². The van der Waals surface area contributed by atoms with Crippen LogP contribution in [0.2, 0.25) is 0 Å². The topological polar surface area (TPSA) is 81.2 Å². The Kier molecular flexibility index (Phi) is 5.86. The Morgan fingerprint density at radius 1 is 1.30 bits per heavy atom. The fraction of sp³-hybridized carbons (Fsp3) is 0.632. The molecule has 3 amide bonds. The van der Waals surface area contributed by atoms with Gasteiger partial charge >= 0.3 is 0 Å². The summed E-state index contributed by atoms with van der Waals surface area (Å²) >= 11 is 1.41. The van der Waals surface area contributed by atoms with Gasteiger partial charge in [-0.25, -0.2) is 0 Å². The minimum atomic E-state index is -0.193. The third-order valence-corrected chi connectivity index (χ3v) is 6.65. The molecule has 7 nitrogen and oxygen atoms in total. The minimum absolute atomic E-state index is 0.00846. The third-order valence-electron chi connectivity index (χ3n) is 5.41. The van der Waals surface area contributed by atoms with E-state index in [-0.39, 0.29) is 37.4 Å². The predicted molar refractivity (Wildman–Crippen MR) is 104 cm³/mol. The Morgan fingerprint density at radius 2 is 2.04 bits per heavy atom. The first-order chi connectivity index (χ1) is 12.9. The van der Waals surface area contributed by atoms with Gasteiger partial charge in [0.25, 0.3) is 5.91 Å². The monoisotopic (exact) mass is 393 g/mol. The van der Waals surface area contributed by atoms with Crippen LogP contribution >= 0.6 is 11.3 Å². The summed E-state index contributed by atoms with van der Waals surface area (Å²) in [5.41, 5.74) is 1.53. The van der Waals surface area contributed by atoms with E-state index >= 15 is 0 Å². The summed E-state index contributed by atoms with van der Waals surface area (Å²) in [5.74, 6) is 0.148. The lowest BCUT2D eigenvalue weighted by atomic mass is 10.00. The zero-order valence-corrected chi connectivity index (χ0v) is 17.0. The molecule has 0 fully saturated rings. The molecule has 148 valence electrons. The largest absolute Gasteiger partial charge is 0.395 e. The molecule has 0 aliphatic carbocycles. The smallest absolute Gasteiger partial charge is 0.257 e. The number of fused-ring (bicyclic) bond motifs is 3. The number of aliphatic hydroxyl groups excluding tert-OH is 1. The molecule has 0 saturated heterocycles. The van der Waals surface area contributed by atoms with Crippen molar-refractivity contribution >= 4 is 34.1 Å². The van der Waals surface area contributed by atoms with Crippen LogP contribution in [0.5, 0.6) is 0 Å². The number of amides is 3. The van der Waals surface area contributed by atoms with Crippen molar-refractivity contribution in [3.8, 4) is 0 Å². The number of carbonyl (C=O) groups is 3. The standard InChI is InChI=1S/C19H27N3O4S/c1-4-12(2)9-15(24)21-6-5-13-14(10-21)27-19-17(13)18(26)20(3)11-16(25)22(19)7-8-23/h12,23H,4-11H2,1-3H3. The molecule has 3 heterocycles. The summed E-state index contributed by atoms with van der Waals surface area (Å²) in [6.07, 6.45) is 2.12. The second kappa shape index (κ2) is 7.98. The Labute approximate surface area is 163 Å². The van der Waals surface area contributed by atoms with E-state index in [4.69, 9.17) is 0 Å². The van der Waals surface area contributed by atoms with Crippen molar-refractivity contribution in [3.63, 3.8) is 0 Å². The summed E-state index contributed by atoms with van der Waals surface area (Å²) in [4.78, 5) is 43.8. The van der Waals surface area contributed by atoms with Crippen LogP contribution in [0, 0.1) is 5.92 Å². The highest BCUT2D eigenvalue weighted by Crippen LogP contribution is 2.41. The van der Waals surface area contributed by atoms with Crippen molar-refractivity contribution in [2.45, 2.75) is 39.7 Å². The number of thiophene rings is 1. The van der Waals surface area contributed by atoms with E-state index in [1.165, 1.54) is 21.1 Å². The minimum Gasteiger partial charge on any atom is -0.395 e. The van der Waals surface area contributed by atoms with Crippen molar-refractivity contribution in [1.29, 1.82) is 0 Å². The summed E-state index contributed by atoms with van der Waals surface area (Å²) < 4.78 is 0. The van der Waals surface area contributed by atoms with Gasteiger partial charge in [-0.05, 0) is 17.9 Å². The lowest BCUT2D eigenvalue weighted by Crippen LogP contribution is -2.39. The first kappa shape index (κ1) is 19.8. The highest BCUT2D eigenvalue weighted by molar-refractivity contribution is 7.17. The van der Waals surface area contributed by atoms with Crippen LogP contribution in [0.15, 0.2) is 0 Å². The van der Waals surface area contributed by atoms with Gasteiger partial charge in [0.2, 0.25) is 11.8 Å². The van der Waals surface area contributed by atoms with Gasteiger partial charge in [0, 0.05) is 31.4 Å². The van der Waals surface area contributed by atoms with Gasteiger partial charge < -0.3 is 14.9 Å². The molecular weight excluding hydrogens is 366 g/mol. The number of β-amino-alcohol motifs (C(OH)–C–C–N with tert-alkyl or cyclic N) is 1. The first-order valence-corrected chi connectivity index (χ1v) is 10.3. The van der Waals surface area contributed by atoms with Gasteiger partial charge in [-0.1, -0.05) is 20.3 Å². The van der Waals surface area contributed by atoms with E-state index < -0.39 is 0 Å². The summed E-state index contributed by atoms with van der Waals surface area (Å²) in [7, 11) is 1.63. The van der Waals surface area contributed by atoms with Gasteiger partial charge in [-0.3, -0.25) is 19.3 Å². The average Bonchev–Trinajstić information content (AvgIpc) is 2.99. The van der Waals surface area contributed by atoms with Crippen molar-refractivity contribution < 1.29 is 19.5 Å². The summed E-state index contributed by atoms with van der Waals surface area (Å²) in [5, 5.41) is 9.99. The number of carbonyl (C=O) groups excluding carboxylic acids is 3. The molecule has 1 aromatic heterocycles. The first-order valence-electron chi connectivity index (χ1n) is 9.46. The normalized spacial score (nSPS) is 18.3. The van der Waals surface area contributed by atoms with Crippen LogP contribution in [0.3, 0.4) is 0 Å². The molecule has 0 bridgehead atoms. The van der Waals surface area contributed by atoms with Crippen LogP contribution in [-0.4, -0.2) is 65.9 Å². The Morgan fingerprint density at radius 3 is 2.70 bits per heavy atom. The molecule has 0 saturated carbocycles. The van der Waals surface area contributed by atoms with Crippen LogP contribution in [0.25, 0.3) is 0 Å². The number of rotatable bonds is 5. The zero-order valence-electron chi connectivity index (χ0n) is 16.2. The van der Waals surface area contributed by atoms with E-state index in [2.05, 4.69) is 13.8 Å². The molecule has 1 atom stereocenters. The third kappa shape index (κ3) is 3.73. The van der Waals surface area contributed by atoms with Crippen molar-refractivity contribution in [1.82, 2.24) is 9.80 Å².